The van der Waals surface area contributed by atoms with Crippen molar-refractivity contribution in [1.82, 2.24) is 15.1 Å². The molecule has 0 bridgehead atoms. The number of fused-ring (bicyclic) bond motifs is 2. The predicted octanol–water partition coefficient (Wildman–Crippen LogP) is 1.01. The highest BCUT2D eigenvalue weighted by Crippen LogP contribution is 2.23. The molecule has 0 aromatic heterocycles. The van der Waals surface area contributed by atoms with E-state index >= 15 is 0 Å². The first kappa shape index (κ1) is 13.3. The zero-order chi connectivity index (χ0) is 14.2. The van der Waals surface area contributed by atoms with E-state index in [2.05, 4.69) is 39.4 Å². The lowest BCUT2D eigenvalue weighted by molar-refractivity contribution is -0.136. The summed E-state index contributed by atoms with van der Waals surface area (Å²) >= 11 is 0. The lowest BCUT2D eigenvalue weighted by atomic mass is 9.95. The Morgan fingerprint density at radius 2 is 2.00 bits per heavy atom. The Labute approximate surface area is 126 Å². The van der Waals surface area contributed by atoms with E-state index in [1.165, 1.54) is 30.5 Å². The standard InChI is InChI=1S/C17H23N3O/c21-17(20-9-8-19-7-3-6-15(19)12-20)16-10-13-4-1-2-5-14(13)11-18-16/h1-2,4-5,15-16,18H,3,6-12H2. The van der Waals surface area contributed by atoms with Crippen molar-refractivity contribution in [3.05, 3.63) is 35.4 Å². The van der Waals surface area contributed by atoms with Crippen molar-refractivity contribution < 1.29 is 4.79 Å². The van der Waals surface area contributed by atoms with Gasteiger partial charge in [-0.25, -0.2) is 0 Å². The summed E-state index contributed by atoms with van der Waals surface area (Å²) in [7, 11) is 0. The van der Waals surface area contributed by atoms with Gasteiger partial charge >= 0.3 is 0 Å². The molecule has 4 nitrogen and oxygen atoms in total. The Balaban J connectivity index is 1.44. The Hall–Kier alpha value is -1.39. The van der Waals surface area contributed by atoms with Crippen molar-refractivity contribution in [2.45, 2.75) is 37.9 Å². The molecule has 4 heteroatoms. The van der Waals surface area contributed by atoms with Crippen molar-refractivity contribution >= 4 is 5.91 Å². The molecule has 0 radical (unpaired) electrons. The van der Waals surface area contributed by atoms with Crippen LogP contribution in [0.2, 0.25) is 0 Å². The van der Waals surface area contributed by atoms with Gasteiger partial charge in [-0.15, -0.1) is 0 Å². The molecule has 3 heterocycles. The molecule has 1 N–H and O–H groups in total. The maximum absolute atomic E-state index is 12.8. The molecular weight excluding hydrogens is 262 g/mol. The number of benzene rings is 1. The summed E-state index contributed by atoms with van der Waals surface area (Å²) in [5.74, 6) is 0.302. The third-order valence-electron chi connectivity index (χ3n) is 5.28. The Kier molecular flexibility index (Phi) is 3.43. The summed E-state index contributed by atoms with van der Waals surface area (Å²) in [5, 5.41) is 3.43. The normalized spacial score (nSPS) is 29.0. The van der Waals surface area contributed by atoms with E-state index in [1.807, 2.05) is 0 Å². The molecule has 1 aromatic carbocycles. The predicted molar refractivity (Wildman–Crippen MR) is 81.9 cm³/mol. The van der Waals surface area contributed by atoms with Crippen LogP contribution in [0.25, 0.3) is 0 Å². The lowest BCUT2D eigenvalue weighted by Crippen LogP contribution is -2.57. The van der Waals surface area contributed by atoms with Crippen LogP contribution in [0.3, 0.4) is 0 Å². The fourth-order valence-electron chi connectivity index (χ4n) is 4.04. The van der Waals surface area contributed by atoms with Gasteiger partial charge in [0, 0.05) is 32.2 Å². The van der Waals surface area contributed by atoms with Crippen LogP contribution in [0.4, 0.5) is 0 Å². The molecule has 1 amide bonds. The number of piperazine rings is 1. The molecule has 1 aromatic rings. The molecule has 2 unspecified atom stereocenters. The Morgan fingerprint density at radius 1 is 1.14 bits per heavy atom. The minimum atomic E-state index is -0.0344. The van der Waals surface area contributed by atoms with Crippen LogP contribution in [-0.2, 0) is 17.8 Å². The van der Waals surface area contributed by atoms with E-state index in [9.17, 15) is 4.79 Å². The molecule has 0 spiro atoms. The Morgan fingerprint density at radius 3 is 2.90 bits per heavy atom. The number of amides is 1. The summed E-state index contributed by atoms with van der Waals surface area (Å²) in [5.41, 5.74) is 2.66. The molecule has 21 heavy (non-hydrogen) atoms. The number of hydrogen-bond donors (Lipinski definition) is 1. The average molecular weight is 285 g/mol. The number of carbonyl (C=O) groups excluding carboxylic acids is 1. The largest absolute Gasteiger partial charge is 0.338 e. The van der Waals surface area contributed by atoms with Crippen LogP contribution in [0.5, 0.6) is 0 Å². The molecule has 3 aliphatic heterocycles. The Bertz CT molecular complexity index is 545. The number of nitrogens with zero attached hydrogens (tertiary/aromatic N) is 2. The van der Waals surface area contributed by atoms with Gasteiger partial charge in [0.15, 0.2) is 0 Å². The van der Waals surface area contributed by atoms with Gasteiger partial charge in [-0.05, 0) is 36.9 Å². The van der Waals surface area contributed by atoms with Crippen LogP contribution in [0, 0.1) is 0 Å². The maximum Gasteiger partial charge on any atom is 0.240 e. The number of carbonyl (C=O) groups is 1. The SMILES string of the molecule is O=C(C1Cc2ccccc2CN1)N1CCN2CCCC2C1. The lowest BCUT2D eigenvalue weighted by Gasteiger charge is -2.39. The van der Waals surface area contributed by atoms with E-state index in [4.69, 9.17) is 0 Å². The zero-order valence-corrected chi connectivity index (χ0v) is 12.4. The summed E-state index contributed by atoms with van der Waals surface area (Å²) < 4.78 is 0. The maximum atomic E-state index is 12.8. The topological polar surface area (TPSA) is 35.6 Å². The van der Waals surface area contributed by atoms with Crippen LogP contribution < -0.4 is 5.32 Å². The van der Waals surface area contributed by atoms with Gasteiger partial charge in [0.25, 0.3) is 0 Å². The minimum absolute atomic E-state index is 0.0344. The van der Waals surface area contributed by atoms with Gasteiger partial charge < -0.3 is 10.2 Å². The van der Waals surface area contributed by atoms with E-state index in [-0.39, 0.29) is 6.04 Å². The molecule has 112 valence electrons. The molecule has 4 rings (SSSR count). The second kappa shape index (κ2) is 5.43. The summed E-state index contributed by atoms with van der Waals surface area (Å²) in [6.45, 7) is 4.92. The van der Waals surface area contributed by atoms with Crippen molar-refractivity contribution in [2.24, 2.45) is 0 Å². The van der Waals surface area contributed by atoms with Crippen molar-refractivity contribution in [1.29, 1.82) is 0 Å². The van der Waals surface area contributed by atoms with Gasteiger partial charge in [-0.3, -0.25) is 9.69 Å². The van der Waals surface area contributed by atoms with Gasteiger partial charge in [-0.2, -0.15) is 0 Å². The fourth-order valence-corrected chi connectivity index (χ4v) is 4.04. The number of hydrogen-bond acceptors (Lipinski definition) is 3. The van der Waals surface area contributed by atoms with Crippen LogP contribution in [0.1, 0.15) is 24.0 Å². The van der Waals surface area contributed by atoms with Gasteiger partial charge in [-0.1, -0.05) is 24.3 Å². The van der Waals surface area contributed by atoms with Gasteiger partial charge in [0.1, 0.15) is 0 Å². The smallest absolute Gasteiger partial charge is 0.240 e. The first-order chi connectivity index (χ1) is 10.3. The number of rotatable bonds is 1. The zero-order valence-electron chi connectivity index (χ0n) is 12.4. The fraction of sp³-hybridized carbons (Fsp3) is 0.588. The number of nitrogens with one attached hydrogen (secondary N) is 1. The molecule has 2 atom stereocenters. The van der Waals surface area contributed by atoms with E-state index < -0.39 is 0 Å². The first-order valence-electron chi connectivity index (χ1n) is 8.14. The second-order valence-electron chi connectivity index (χ2n) is 6.52. The highest BCUT2D eigenvalue weighted by atomic mass is 16.2. The molecular formula is C17H23N3O. The summed E-state index contributed by atoms with van der Waals surface area (Å²) in [4.78, 5) is 17.4. The third-order valence-corrected chi connectivity index (χ3v) is 5.28. The molecule has 0 aliphatic carbocycles. The third kappa shape index (κ3) is 2.47. The quantitative estimate of drug-likeness (QED) is 0.836. The van der Waals surface area contributed by atoms with Gasteiger partial charge in [0.05, 0.1) is 6.04 Å². The molecule has 0 saturated carbocycles. The summed E-state index contributed by atoms with van der Waals surface area (Å²) in [6, 6.07) is 9.03. The summed E-state index contributed by atoms with van der Waals surface area (Å²) in [6.07, 6.45) is 3.38. The highest BCUT2D eigenvalue weighted by Gasteiger charge is 2.35. The first-order valence-corrected chi connectivity index (χ1v) is 8.14. The van der Waals surface area contributed by atoms with E-state index in [0.717, 1.165) is 32.6 Å². The molecule has 2 saturated heterocycles. The van der Waals surface area contributed by atoms with Crippen LogP contribution >= 0.6 is 0 Å². The van der Waals surface area contributed by atoms with E-state index in [1.54, 1.807) is 0 Å². The van der Waals surface area contributed by atoms with E-state index in [0.29, 0.717) is 11.9 Å². The van der Waals surface area contributed by atoms with Crippen LogP contribution in [0.15, 0.2) is 24.3 Å². The molecule has 3 aliphatic rings. The van der Waals surface area contributed by atoms with Crippen molar-refractivity contribution in [3.8, 4) is 0 Å². The molecule has 2 fully saturated rings. The highest BCUT2D eigenvalue weighted by molar-refractivity contribution is 5.82. The minimum Gasteiger partial charge on any atom is -0.338 e. The average Bonchev–Trinajstić information content (AvgIpc) is 3.01. The van der Waals surface area contributed by atoms with Gasteiger partial charge in [0.2, 0.25) is 5.91 Å². The van der Waals surface area contributed by atoms with Crippen molar-refractivity contribution in [2.75, 3.05) is 26.2 Å². The second-order valence-corrected chi connectivity index (χ2v) is 6.52. The monoisotopic (exact) mass is 285 g/mol. The van der Waals surface area contributed by atoms with Crippen molar-refractivity contribution in [3.63, 3.8) is 0 Å². The van der Waals surface area contributed by atoms with Crippen LogP contribution in [-0.4, -0.2) is 54.0 Å².